The van der Waals surface area contributed by atoms with Crippen molar-refractivity contribution >= 4 is 22.6 Å². The molecule has 5 nitrogen and oxygen atoms in total. The average Bonchev–Trinajstić information content (AvgIpc) is 3.12. The normalized spacial score (nSPS) is 17.3. The first-order chi connectivity index (χ1) is 12.7. The summed E-state index contributed by atoms with van der Waals surface area (Å²) in [5.41, 5.74) is 1.79. The van der Waals surface area contributed by atoms with Crippen molar-refractivity contribution in [2.75, 3.05) is 25.5 Å². The van der Waals surface area contributed by atoms with E-state index in [0.29, 0.717) is 12.3 Å². The second-order valence-corrected chi connectivity index (χ2v) is 6.61. The molecular formula is C21H22N2O3. The maximum absolute atomic E-state index is 12.8. The highest BCUT2D eigenvalue weighted by atomic mass is 16.5. The number of carbonyl (C=O) groups excluding carboxylic acids is 1. The zero-order chi connectivity index (χ0) is 17.9. The van der Waals surface area contributed by atoms with E-state index >= 15 is 0 Å². The van der Waals surface area contributed by atoms with Gasteiger partial charge in [0.05, 0.1) is 7.11 Å². The van der Waals surface area contributed by atoms with Crippen molar-refractivity contribution in [2.24, 2.45) is 0 Å². The number of amides is 1. The summed E-state index contributed by atoms with van der Waals surface area (Å²) in [6.07, 6.45) is 2.01. The highest BCUT2D eigenvalue weighted by Crippen LogP contribution is 2.23. The standard InChI is InChI=1S/C21H22N2O3/c1-25-18-10-8-16(9-11-18)22-17-6-4-12-23(14-17)21(24)20-13-15-5-2-3-7-19(15)26-20/h2-3,5,7-11,13,17,22H,4,6,12,14H2,1H3. The topological polar surface area (TPSA) is 54.7 Å². The second-order valence-electron chi connectivity index (χ2n) is 6.61. The number of rotatable bonds is 4. The van der Waals surface area contributed by atoms with Crippen LogP contribution in [0.1, 0.15) is 23.4 Å². The number of nitrogens with zero attached hydrogens (tertiary/aromatic N) is 1. The van der Waals surface area contributed by atoms with Gasteiger partial charge in [-0.25, -0.2) is 0 Å². The summed E-state index contributed by atoms with van der Waals surface area (Å²) in [6.45, 7) is 1.43. The molecule has 1 fully saturated rings. The zero-order valence-corrected chi connectivity index (χ0v) is 14.8. The molecule has 4 rings (SSSR count). The summed E-state index contributed by atoms with van der Waals surface area (Å²) in [5.74, 6) is 1.21. The van der Waals surface area contributed by atoms with Gasteiger partial charge in [-0.05, 0) is 49.2 Å². The Labute approximate surface area is 152 Å². The van der Waals surface area contributed by atoms with Crippen LogP contribution in [-0.2, 0) is 0 Å². The van der Waals surface area contributed by atoms with Crippen molar-refractivity contribution in [2.45, 2.75) is 18.9 Å². The molecule has 1 saturated heterocycles. The number of methoxy groups -OCH3 is 1. The molecule has 134 valence electrons. The van der Waals surface area contributed by atoms with Crippen molar-refractivity contribution in [3.05, 3.63) is 60.4 Å². The van der Waals surface area contributed by atoms with Gasteiger partial charge in [0.1, 0.15) is 11.3 Å². The highest BCUT2D eigenvalue weighted by Gasteiger charge is 2.26. The molecule has 2 aromatic carbocycles. The lowest BCUT2D eigenvalue weighted by molar-refractivity contribution is 0.0685. The predicted molar refractivity (Wildman–Crippen MR) is 102 cm³/mol. The third-order valence-corrected chi connectivity index (χ3v) is 4.81. The Bertz CT molecular complexity index is 868. The fraction of sp³-hybridized carbons (Fsp3) is 0.286. The summed E-state index contributed by atoms with van der Waals surface area (Å²) in [5, 5.41) is 4.47. The van der Waals surface area contributed by atoms with Crippen molar-refractivity contribution in [1.82, 2.24) is 4.90 Å². The number of furan rings is 1. The van der Waals surface area contributed by atoms with Gasteiger partial charge in [-0.15, -0.1) is 0 Å². The molecule has 0 radical (unpaired) electrons. The number of para-hydroxylation sites is 1. The fourth-order valence-electron chi connectivity index (χ4n) is 3.45. The third-order valence-electron chi connectivity index (χ3n) is 4.81. The first-order valence-corrected chi connectivity index (χ1v) is 8.91. The predicted octanol–water partition coefficient (Wildman–Crippen LogP) is 4.16. The van der Waals surface area contributed by atoms with Gasteiger partial charge in [0.25, 0.3) is 5.91 Å². The summed E-state index contributed by atoms with van der Waals surface area (Å²) >= 11 is 0. The lowest BCUT2D eigenvalue weighted by atomic mass is 10.0. The minimum Gasteiger partial charge on any atom is -0.497 e. The largest absolute Gasteiger partial charge is 0.497 e. The quantitative estimate of drug-likeness (QED) is 0.768. The molecule has 1 aliphatic heterocycles. The number of likely N-dealkylation sites (tertiary alicyclic amines) is 1. The second kappa shape index (κ2) is 7.12. The smallest absolute Gasteiger partial charge is 0.289 e. The first kappa shape index (κ1) is 16.5. The van der Waals surface area contributed by atoms with Crippen LogP contribution in [-0.4, -0.2) is 37.0 Å². The average molecular weight is 350 g/mol. The molecule has 2 heterocycles. The van der Waals surface area contributed by atoms with Crippen LogP contribution < -0.4 is 10.1 Å². The Hall–Kier alpha value is -2.95. The number of nitrogens with one attached hydrogen (secondary N) is 1. The number of anilines is 1. The van der Waals surface area contributed by atoms with Crippen molar-refractivity contribution < 1.29 is 13.9 Å². The molecule has 0 aliphatic carbocycles. The van der Waals surface area contributed by atoms with Gasteiger partial charge in [-0.2, -0.15) is 0 Å². The molecular weight excluding hydrogens is 328 g/mol. The van der Waals surface area contributed by atoms with E-state index in [1.54, 1.807) is 7.11 Å². The van der Waals surface area contributed by atoms with Crippen molar-refractivity contribution in [3.63, 3.8) is 0 Å². The molecule has 0 bridgehead atoms. The van der Waals surface area contributed by atoms with Crippen LogP contribution in [0.3, 0.4) is 0 Å². The molecule has 1 unspecified atom stereocenters. The summed E-state index contributed by atoms with van der Waals surface area (Å²) in [4.78, 5) is 14.7. The number of hydrogen-bond acceptors (Lipinski definition) is 4. The Morgan fingerprint density at radius 1 is 1.19 bits per heavy atom. The number of carbonyl (C=O) groups is 1. The molecule has 1 N–H and O–H groups in total. The van der Waals surface area contributed by atoms with Crippen LogP contribution in [0.25, 0.3) is 11.0 Å². The Morgan fingerprint density at radius 3 is 2.77 bits per heavy atom. The summed E-state index contributed by atoms with van der Waals surface area (Å²) in [6, 6.07) is 17.6. The molecule has 3 aromatic rings. The number of fused-ring (bicyclic) bond motifs is 1. The van der Waals surface area contributed by atoms with Crippen LogP contribution in [0.2, 0.25) is 0 Å². The van der Waals surface area contributed by atoms with E-state index in [-0.39, 0.29) is 11.9 Å². The lowest BCUT2D eigenvalue weighted by Crippen LogP contribution is -2.45. The molecule has 5 heteroatoms. The monoisotopic (exact) mass is 350 g/mol. The van der Waals surface area contributed by atoms with Crippen molar-refractivity contribution in [1.29, 1.82) is 0 Å². The number of benzene rings is 2. The van der Waals surface area contributed by atoms with E-state index in [1.165, 1.54) is 0 Å². The number of piperidine rings is 1. The molecule has 1 aromatic heterocycles. The molecule has 1 amide bonds. The van der Waals surface area contributed by atoms with E-state index in [9.17, 15) is 4.79 Å². The SMILES string of the molecule is COc1ccc(NC2CCCN(C(=O)c3cc4ccccc4o3)C2)cc1. The van der Waals surface area contributed by atoms with Gasteiger partial charge in [0.15, 0.2) is 5.76 Å². The molecule has 0 saturated carbocycles. The maximum atomic E-state index is 12.8. The van der Waals surface area contributed by atoms with Crippen molar-refractivity contribution in [3.8, 4) is 5.75 Å². The van der Waals surface area contributed by atoms with E-state index < -0.39 is 0 Å². The minimum atomic E-state index is -0.0394. The minimum absolute atomic E-state index is 0.0394. The summed E-state index contributed by atoms with van der Waals surface area (Å²) in [7, 11) is 1.66. The van der Waals surface area contributed by atoms with Crippen LogP contribution >= 0.6 is 0 Å². The third kappa shape index (κ3) is 3.38. The van der Waals surface area contributed by atoms with E-state index in [2.05, 4.69) is 5.32 Å². The highest BCUT2D eigenvalue weighted by molar-refractivity contribution is 5.96. The molecule has 1 atom stereocenters. The fourth-order valence-corrected chi connectivity index (χ4v) is 3.45. The van der Waals surface area contributed by atoms with Gasteiger partial charge in [-0.1, -0.05) is 18.2 Å². The Morgan fingerprint density at radius 2 is 2.00 bits per heavy atom. The lowest BCUT2D eigenvalue weighted by Gasteiger charge is -2.33. The van der Waals surface area contributed by atoms with Gasteiger partial charge >= 0.3 is 0 Å². The van der Waals surface area contributed by atoms with Crippen LogP contribution in [0.15, 0.2) is 59.0 Å². The molecule has 1 aliphatic rings. The number of ether oxygens (including phenoxy) is 1. The first-order valence-electron chi connectivity index (χ1n) is 8.91. The van der Waals surface area contributed by atoms with Gasteiger partial charge in [-0.3, -0.25) is 4.79 Å². The van der Waals surface area contributed by atoms with Gasteiger partial charge in [0, 0.05) is 30.2 Å². The Kier molecular flexibility index (Phi) is 4.52. The van der Waals surface area contributed by atoms with Crippen LogP contribution in [0.4, 0.5) is 5.69 Å². The summed E-state index contributed by atoms with van der Waals surface area (Å²) < 4.78 is 10.9. The maximum Gasteiger partial charge on any atom is 0.289 e. The van der Waals surface area contributed by atoms with Crippen LogP contribution in [0.5, 0.6) is 5.75 Å². The van der Waals surface area contributed by atoms with E-state index in [1.807, 2.05) is 59.5 Å². The molecule has 0 spiro atoms. The van der Waals surface area contributed by atoms with Gasteiger partial charge < -0.3 is 19.4 Å². The van der Waals surface area contributed by atoms with Crippen LogP contribution in [0, 0.1) is 0 Å². The Balaban J connectivity index is 1.44. The molecule has 26 heavy (non-hydrogen) atoms. The van der Waals surface area contributed by atoms with E-state index in [4.69, 9.17) is 9.15 Å². The zero-order valence-electron chi connectivity index (χ0n) is 14.8. The van der Waals surface area contributed by atoms with E-state index in [0.717, 1.165) is 41.8 Å². The number of hydrogen-bond donors (Lipinski definition) is 1. The van der Waals surface area contributed by atoms with Gasteiger partial charge in [0.2, 0.25) is 0 Å².